The van der Waals surface area contributed by atoms with Gasteiger partial charge in [0.1, 0.15) is 5.76 Å². The number of hydrogen-bond acceptors (Lipinski definition) is 3. The maximum absolute atomic E-state index is 13.6. The topological polar surface area (TPSA) is 53.8 Å². The maximum atomic E-state index is 13.6. The Kier molecular flexibility index (Phi) is 6.17. The minimum atomic E-state index is -0.132. The molecule has 0 saturated carbocycles. The molecule has 3 aromatic carbocycles. The molecule has 0 atom stereocenters. The number of carbonyl (C=O) groups is 2. The fourth-order valence-electron chi connectivity index (χ4n) is 4.71. The van der Waals surface area contributed by atoms with Gasteiger partial charge in [-0.15, -0.1) is 0 Å². The molecule has 5 nitrogen and oxygen atoms in total. The number of carbonyl (C=O) groups excluding carboxylic acids is 2. The lowest BCUT2D eigenvalue weighted by molar-refractivity contribution is -0.123. The van der Waals surface area contributed by atoms with E-state index in [9.17, 15) is 9.59 Å². The van der Waals surface area contributed by atoms with Crippen molar-refractivity contribution in [1.82, 2.24) is 4.90 Å². The quantitative estimate of drug-likeness (QED) is 0.383. The molecule has 2 amide bonds. The van der Waals surface area contributed by atoms with Gasteiger partial charge < -0.3 is 14.2 Å². The van der Waals surface area contributed by atoms with Crippen molar-refractivity contribution in [3.05, 3.63) is 102 Å². The van der Waals surface area contributed by atoms with E-state index in [4.69, 9.17) is 4.42 Å². The average molecular weight is 453 g/mol. The third-order valence-corrected chi connectivity index (χ3v) is 6.66. The second-order valence-corrected chi connectivity index (χ2v) is 8.93. The lowest BCUT2D eigenvalue weighted by Gasteiger charge is -2.34. The lowest BCUT2D eigenvalue weighted by atomic mass is 9.94. The number of benzene rings is 3. The fraction of sp³-hybridized carbons (Fsp3) is 0.241. The summed E-state index contributed by atoms with van der Waals surface area (Å²) in [4.78, 5) is 30.6. The number of amides is 2. The molecule has 1 aromatic heterocycles. The van der Waals surface area contributed by atoms with E-state index in [1.807, 2.05) is 95.6 Å². The Labute approximate surface area is 199 Å². The monoisotopic (exact) mass is 452 g/mol. The van der Waals surface area contributed by atoms with Gasteiger partial charge in [0.25, 0.3) is 5.91 Å². The van der Waals surface area contributed by atoms with E-state index >= 15 is 0 Å². The largest absolute Gasteiger partial charge is 0.467 e. The van der Waals surface area contributed by atoms with Gasteiger partial charge in [-0.3, -0.25) is 9.59 Å². The molecule has 1 fully saturated rings. The average Bonchev–Trinajstić information content (AvgIpc) is 3.40. The minimum Gasteiger partial charge on any atom is -0.467 e. The fourth-order valence-corrected chi connectivity index (χ4v) is 4.71. The number of furan rings is 1. The zero-order valence-electron chi connectivity index (χ0n) is 19.3. The van der Waals surface area contributed by atoms with Crippen molar-refractivity contribution in [2.24, 2.45) is 5.92 Å². The van der Waals surface area contributed by atoms with Crippen molar-refractivity contribution >= 4 is 28.3 Å². The molecule has 0 N–H and O–H groups in total. The third-order valence-electron chi connectivity index (χ3n) is 6.66. The molecule has 172 valence electrons. The highest BCUT2D eigenvalue weighted by atomic mass is 16.3. The van der Waals surface area contributed by atoms with Crippen LogP contribution in [0.1, 0.15) is 34.5 Å². The number of likely N-dealkylation sites (tertiary alicyclic amines) is 1. The standard InChI is InChI=1S/C29H28N2O3/c1-21-11-13-24(14-12-21)31(20-25-8-5-19-34-25)28(32)23-15-17-30(18-16-23)29(33)27-10-4-7-22-6-2-3-9-26(22)27/h2-14,19,23H,15-18,20H2,1H3. The summed E-state index contributed by atoms with van der Waals surface area (Å²) in [7, 11) is 0. The molecule has 34 heavy (non-hydrogen) atoms. The van der Waals surface area contributed by atoms with E-state index < -0.39 is 0 Å². The van der Waals surface area contributed by atoms with Gasteiger partial charge in [-0.25, -0.2) is 0 Å². The maximum Gasteiger partial charge on any atom is 0.254 e. The summed E-state index contributed by atoms with van der Waals surface area (Å²) >= 11 is 0. The molecular formula is C29H28N2O3. The Morgan fingerprint density at radius 1 is 0.912 bits per heavy atom. The lowest BCUT2D eigenvalue weighted by Crippen LogP contribution is -2.44. The Bertz CT molecular complexity index is 1280. The molecule has 0 radical (unpaired) electrons. The van der Waals surface area contributed by atoms with Gasteiger partial charge in [-0.2, -0.15) is 0 Å². The van der Waals surface area contributed by atoms with Gasteiger partial charge >= 0.3 is 0 Å². The van der Waals surface area contributed by atoms with E-state index in [-0.39, 0.29) is 17.7 Å². The Balaban J connectivity index is 1.31. The molecule has 0 spiro atoms. The first-order valence-electron chi connectivity index (χ1n) is 11.8. The molecular weight excluding hydrogens is 424 g/mol. The van der Waals surface area contributed by atoms with Crippen molar-refractivity contribution in [3.63, 3.8) is 0 Å². The first kappa shape index (κ1) is 22.0. The van der Waals surface area contributed by atoms with Crippen molar-refractivity contribution < 1.29 is 14.0 Å². The summed E-state index contributed by atoms with van der Waals surface area (Å²) in [5.74, 6) is 0.733. The summed E-state index contributed by atoms with van der Waals surface area (Å²) in [5, 5.41) is 2.03. The number of fused-ring (bicyclic) bond motifs is 1. The first-order chi connectivity index (χ1) is 16.6. The van der Waals surface area contributed by atoms with Crippen LogP contribution in [-0.2, 0) is 11.3 Å². The van der Waals surface area contributed by atoms with Crippen LogP contribution in [0.2, 0.25) is 0 Å². The highest BCUT2D eigenvalue weighted by Gasteiger charge is 2.32. The van der Waals surface area contributed by atoms with Gasteiger partial charge in [0.2, 0.25) is 5.91 Å². The molecule has 0 unspecified atom stereocenters. The van der Waals surface area contributed by atoms with Crippen LogP contribution in [0.3, 0.4) is 0 Å². The van der Waals surface area contributed by atoms with Gasteiger partial charge in [0.15, 0.2) is 0 Å². The summed E-state index contributed by atoms with van der Waals surface area (Å²) in [5.41, 5.74) is 2.73. The Morgan fingerprint density at radius 3 is 2.38 bits per heavy atom. The number of piperidine rings is 1. The predicted octanol–water partition coefficient (Wildman–Crippen LogP) is 5.83. The Morgan fingerprint density at radius 2 is 1.65 bits per heavy atom. The summed E-state index contributed by atoms with van der Waals surface area (Å²) in [6.45, 7) is 3.57. The molecule has 4 aromatic rings. The van der Waals surface area contributed by atoms with E-state index in [1.54, 1.807) is 6.26 Å². The normalized spacial score (nSPS) is 14.3. The van der Waals surface area contributed by atoms with E-state index in [1.165, 1.54) is 0 Å². The number of nitrogens with zero attached hydrogens (tertiary/aromatic N) is 2. The molecule has 0 aliphatic carbocycles. The van der Waals surface area contributed by atoms with Crippen molar-refractivity contribution in [3.8, 4) is 0 Å². The van der Waals surface area contributed by atoms with Gasteiger partial charge in [0, 0.05) is 30.3 Å². The highest BCUT2D eigenvalue weighted by Crippen LogP contribution is 2.27. The number of anilines is 1. The van der Waals surface area contributed by atoms with Crippen LogP contribution in [0.5, 0.6) is 0 Å². The van der Waals surface area contributed by atoms with Crippen molar-refractivity contribution in [2.45, 2.75) is 26.3 Å². The van der Waals surface area contributed by atoms with Crippen LogP contribution in [0.15, 0.2) is 89.5 Å². The minimum absolute atomic E-state index is 0.0358. The molecule has 1 aliphatic heterocycles. The molecule has 2 heterocycles. The molecule has 5 heteroatoms. The number of aryl methyl sites for hydroxylation is 1. The van der Waals surface area contributed by atoms with Crippen LogP contribution >= 0.6 is 0 Å². The number of hydrogen-bond donors (Lipinski definition) is 0. The molecule has 0 bridgehead atoms. The van der Waals surface area contributed by atoms with Crippen LogP contribution < -0.4 is 4.90 Å². The van der Waals surface area contributed by atoms with Gasteiger partial charge in [-0.1, -0.05) is 54.1 Å². The van der Waals surface area contributed by atoms with E-state index in [0.29, 0.717) is 32.5 Å². The third kappa shape index (κ3) is 4.46. The smallest absolute Gasteiger partial charge is 0.254 e. The van der Waals surface area contributed by atoms with E-state index in [2.05, 4.69) is 0 Å². The van der Waals surface area contributed by atoms with Gasteiger partial charge in [0.05, 0.1) is 12.8 Å². The first-order valence-corrected chi connectivity index (χ1v) is 11.8. The highest BCUT2D eigenvalue weighted by molar-refractivity contribution is 6.07. The van der Waals surface area contributed by atoms with Crippen LogP contribution in [0.25, 0.3) is 10.8 Å². The summed E-state index contributed by atoms with van der Waals surface area (Å²) in [6.07, 6.45) is 2.93. The molecule has 5 rings (SSSR count). The summed E-state index contributed by atoms with van der Waals surface area (Å²) in [6, 6.07) is 25.5. The van der Waals surface area contributed by atoms with Crippen molar-refractivity contribution in [2.75, 3.05) is 18.0 Å². The number of rotatable bonds is 5. The zero-order valence-corrected chi connectivity index (χ0v) is 19.3. The molecule has 1 aliphatic rings. The van der Waals surface area contributed by atoms with Crippen LogP contribution in [0.4, 0.5) is 5.69 Å². The van der Waals surface area contributed by atoms with E-state index in [0.717, 1.165) is 33.3 Å². The second-order valence-electron chi connectivity index (χ2n) is 8.93. The SMILES string of the molecule is Cc1ccc(N(Cc2ccco2)C(=O)C2CCN(C(=O)c3cccc4ccccc34)CC2)cc1. The van der Waals surface area contributed by atoms with Crippen LogP contribution in [0, 0.1) is 12.8 Å². The summed E-state index contributed by atoms with van der Waals surface area (Å²) < 4.78 is 5.53. The molecule has 1 saturated heterocycles. The van der Waals surface area contributed by atoms with Crippen molar-refractivity contribution in [1.29, 1.82) is 0 Å². The Hall–Kier alpha value is -3.86. The van der Waals surface area contributed by atoms with Crippen LogP contribution in [-0.4, -0.2) is 29.8 Å². The predicted molar refractivity (Wildman–Crippen MR) is 134 cm³/mol. The second kappa shape index (κ2) is 9.56. The van der Waals surface area contributed by atoms with Gasteiger partial charge in [-0.05, 0) is 60.9 Å². The zero-order chi connectivity index (χ0) is 23.5.